The predicted octanol–water partition coefficient (Wildman–Crippen LogP) is 1.80. The number of aromatic nitrogens is 1. The van der Waals surface area contributed by atoms with Crippen LogP contribution in [-0.4, -0.2) is 61.9 Å². The number of anilines is 2. The van der Waals surface area contributed by atoms with Crippen molar-refractivity contribution in [3.8, 4) is 11.5 Å². The largest absolute Gasteiger partial charge is 0.486 e. The first-order valence-electron chi connectivity index (χ1n) is 11.3. The van der Waals surface area contributed by atoms with E-state index < -0.39 is 0 Å². The van der Waals surface area contributed by atoms with Crippen molar-refractivity contribution in [1.29, 1.82) is 0 Å². The second-order valence-electron chi connectivity index (χ2n) is 8.12. The third kappa shape index (κ3) is 6.25. The van der Waals surface area contributed by atoms with E-state index in [0.717, 1.165) is 12.8 Å². The zero-order chi connectivity index (χ0) is 23.9. The van der Waals surface area contributed by atoms with Crippen LogP contribution in [0.2, 0.25) is 0 Å². The van der Waals surface area contributed by atoms with Gasteiger partial charge in [-0.3, -0.25) is 14.4 Å². The summed E-state index contributed by atoms with van der Waals surface area (Å²) in [6.45, 7) is 3.44. The van der Waals surface area contributed by atoms with Gasteiger partial charge in [0.2, 0.25) is 17.7 Å². The first-order valence-corrected chi connectivity index (χ1v) is 11.3. The highest BCUT2D eigenvalue weighted by Gasteiger charge is 2.24. The van der Waals surface area contributed by atoms with Crippen molar-refractivity contribution in [2.75, 3.05) is 43.1 Å². The minimum absolute atomic E-state index is 0.00809. The fourth-order valence-electron chi connectivity index (χ4n) is 3.74. The van der Waals surface area contributed by atoms with E-state index in [4.69, 9.17) is 18.7 Å². The van der Waals surface area contributed by atoms with Crippen LogP contribution in [0.25, 0.3) is 0 Å². The molecule has 0 aliphatic carbocycles. The van der Waals surface area contributed by atoms with Crippen molar-refractivity contribution in [3.05, 3.63) is 30.0 Å². The number of carbonyl (C=O) groups excluding carboxylic acids is 3. The molecule has 3 amide bonds. The summed E-state index contributed by atoms with van der Waals surface area (Å²) in [7, 11) is 0. The molecule has 1 fully saturated rings. The van der Waals surface area contributed by atoms with Gasteiger partial charge in [0.05, 0.1) is 6.10 Å². The van der Waals surface area contributed by atoms with Crippen molar-refractivity contribution >= 4 is 29.2 Å². The van der Waals surface area contributed by atoms with Crippen LogP contribution in [0.4, 0.5) is 11.5 Å². The molecule has 2 aromatic rings. The Morgan fingerprint density at radius 2 is 1.88 bits per heavy atom. The summed E-state index contributed by atoms with van der Waals surface area (Å²) >= 11 is 0. The van der Waals surface area contributed by atoms with Crippen molar-refractivity contribution in [2.24, 2.45) is 0 Å². The molecule has 1 atom stereocenters. The summed E-state index contributed by atoms with van der Waals surface area (Å²) in [6.07, 6.45) is 1.68. The molecule has 2 N–H and O–H groups in total. The lowest BCUT2D eigenvalue weighted by atomic mass is 10.2. The molecule has 0 spiro atoms. The first-order chi connectivity index (χ1) is 16.5. The number of carbonyl (C=O) groups is 3. The molecule has 182 valence electrons. The van der Waals surface area contributed by atoms with E-state index >= 15 is 0 Å². The molecule has 2 aliphatic heterocycles. The minimum Gasteiger partial charge on any atom is -0.486 e. The summed E-state index contributed by atoms with van der Waals surface area (Å²) in [6, 6.07) is 6.64. The predicted molar refractivity (Wildman–Crippen MR) is 121 cm³/mol. The molecule has 1 saturated heterocycles. The number of fused-ring (bicyclic) bond motifs is 1. The van der Waals surface area contributed by atoms with E-state index in [2.05, 4.69) is 15.8 Å². The number of amides is 3. The van der Waals surface area contributed by atoms with Crippen molar-refractivity contribution in [3.63, 3.8) is 0 Å². The van der Waals surface area contributed by atoms with E-state index in [1.807, 2.05) is 0 Å². The van der Waals surface area contributed by atoms with E-state index in [0.29, 0.717) is 49.3 Å². The Balaban J connectivity index is 1.40. The lowest BCUT2D eigenvalue weighted by molar-refractivity contribution is -0.125. The van der Waals surface area contributed by atoms with E-state index in [-0.39, 0.29) is 49.0 Å². The van der Waals surface area contributed by atoms with Gasteiger partial charge in [-0.1, -0.05) is 5.16 Å². The third-order valence-electron chi connectivity index (χ3n) is 5.45. The number of rotatable bonds is 9. The van der Waals surface area contributed by atoms with Gasteiger partial charge in [0.1, 0.15) is 25.5 Å². The SMILES string of the molecule is Cc1cc(NC(=O)CCC(=O)N(CC(=O)NC[C@@H]2CCCO2)c2ccc3c(c2)OCCO3)no1. The Hall–Kier alpha value is -3.60. The summed E-state index contributed by atoms with van der Waals surface area (Å²) in [5, 5.41) is 9.12. The molecule has 4 rings (SSSR count). The van der Waals surface area contributed by atoms with Gasteiger partial charge < -0.3 is 34.3 Å². The Labute approximate surface area is 196 Å². The van der Waals surface area contributed by atoms with Gasteiger partial charge in [-0.2, -0.15) is 0 Å². The topological polar surface area (TPSA) is 132 Å². The molecule has 11 heteroatoms. The Bertz CT molecular complexity index is 1030. The summed E-state index contributed by atoms with van der Waals surface area (Å²) in [4.78, 5) is 39.3. The number of benzene rings is 1. The maximum atomic E-state index is 13.1. The van der Waals surface area contributed by atoms with Gasteiger partial charge in [-0.25, -0.2) is 0 Å². The highest BCUT2D eigenvalue weighted by molar-refractivity contribution is 6.01. The summed E-state index contributed by atoms with van der Waals surface area (Å²) in [5.74, 6) is 0.841. The third-order valence-corrected chi connectivity index (χ3v) is 5.45. The van der Waals surface area contributed by atoms with Crippen molar-refractivity contribution < 1.29 is 33.1 Å². The molecule has 0 bridgehead atoms. The van der Waals surface area contributed by atoms with E-state index in [1.165, 1.54) is 4.90 Å². The molecule has 0 saturated carbocycles. The zero-order valence-electron chi connectivity index (χ0n) is 19.0. The molecular formula is C23H28N4O7. The molecule has 3 heterocycles. The second kappa shape index (κ2) is 11.0. The van der Waals surface area contributed by atoms with E-state index in [1.54, 1.807) is 31.2 Å². The molecule has 1 aromatic carbocycles. The number of nitrogens with one attached hydrogen (secondary N) is 2. The molecular weight excluding hydrogens is 444 g/mol. The number of aryl methyl sites for hydroxylation is 1. The van der Waals surface area contributed by atoms with Gasteiger partial charge in [0.25, 0.3) is 0 Å². The Morgan fingerprint density at radius 1 is 1.06 bits per heavy atom. The molecule has 0 unspecified atom stereocenters. The van der Waals surface area contributed by atoms with Crippen molar-refractivity contribution in [2.45, 2.75) is 38.7 Å². The van der Waals surface area contributed by atoms with Gasteiger partial charge in [-0.05, 0) is 31.9 Å². The van der Waals surface area contributed by atoms with Crippen LogP contribution in [0.1, 0.15) is 31.4 Å². The van der Waals surface area contributed by atoms with Crippen LogP contribution in [-0.2, 0) is 19.1 Å². The Kier molecular flexibility index (Phi) is 7.63. The highest BCUT2D eigenvalue weighted by atomic mass is 16.6. The molecule has 11 nitrogen and oxygen atoms in total. The summed E-state index contributed by atoms with van der Waals surface area (Å²) in [5.41, 5.74) is 0.481. The maximum Gasteiger partial charge on any atom is 0.240 e. The molecule has 0 radical (unpaired) electrons. The average Bonchev–Trinajstić information content (AvgIpc) is 3.51. The molecule has 2 aliphatic rings. The number of hydrogen-bond acceptors (Lipinski definition) is 8. The lowest BCUT2D eigenvalue weighted by Crippen LogP contribution is -2.43. The number of ether oxygens (including phenoxy) is 3. The van der Waals surface area contributed by atoms with Gasteiger partial charge in [0.15, 0.2) is 17.3 Å². The zero-order valence-corrected chi connectivity index (χ0v) is 19.0. The number of nitrogens with zero attached hydrogens (tertiary/aromatic N) is 2. The maximum absolute atomic E-state index is 13.1. The smallest absolute Gasteiger partial charge is 0.240 e. The monoisotopic (exact) mass is 472 g/mol. The highest BCUT2D eigenvalue weighted by Crippen LogP contribution is 2.34. The van der Waals surface area contributed by atoms with Gasteiger partial charge in [0, 0.05) is 43.8 Å². The van der Waals surface area contributed by atoms with Crippen LogP contribution in [0.15, 0.2) is 28.8 Å². The number of hydrogen-bond donors (Lipinski definition) is 2. The molecule has 1 aromatic heterocycles. The van der Waals surface area contributed by atoms with Crippen molar-refractivity contribution in [1.82, 2.24) is 10.5 Å². The average molecular weight is 472 g/mol. The standard InChI is InChI=1S/C23H28N4O7/c1-15-11-20(26-34-15)25-21(28)6-7-23(30)27(14-22(29)24-13-17-3-2-8-31-17)16-4-5-18-19(12-16)33-10-9-32-18/h4-5,11-12,17H,2-3,6-10,13-14H2,1H3,(H,24,29)(H,25,26,28)/t17-/m0/s1. The van der Waals surface area contributed by atoms with Crippen LogP contribution in [0.3, 0.4) is 0 Å². The van der Waals surface area contributed by atoms with Crippen LogP contribution < -0.4 is 25.0 Å². The van der Waals surface area contributed by atoms with Crippen LogP contribution >= 0.6 is 0 Å². The minimum atomic E-state index is -0.383. The van der Waals surface area contributed by atoms with Gasteiger partial charge in [-0.15, -0.1) is 0 Å². The van der Waals surface area contributed by atoms with E-state index in [9.17, 15) is 14.4 Å². The quantitative estimate of drug-likeness (QED) is 0.565. The van der Waals surface area contributed by atoms with Gasteiger partial charge >= 0.3 is 0 Å². The van der Waals surface area contributed by atoms with Crippen LogP contribution in [0.5, 0.6) is 11.5 Å². The first kappa shape index (κ1) is 23.6. The normalized spacial score (nSPS) is 16.7. The molecule has 34 heavy (non-hydrogen) atoms. The fraction of sp³-hybridized carbons (Fsp3) is 0.478. The van der Waals surface area contributed by atoms with Crippen LogP contribution in [0, 0.1) is 6.92 Å². The Morgan fingerprint density at radius 3 is 2.62 bits per heavy atom. The lowest BCUT2D eigenvalue weighted by Gasteiger charge is -2.25. The fourth-order valence-corrected chi connectivity index (χ4v) is 3.74. The second-order valence-corrected chi connectivity index (χ2v) is 8.12. The summed E-state index contributed by atoms with van der Waals surface area (Å²) < 4.78 is 21.6.